The molecule has 16 aromatic heterocycles. The average Bonchev–Trinajstić information content (AvgIpc) is 1.65. The highest BCUT2D eigenvalue weighted by Gasteiger charge is 2.37. The molecule has 0 aliphatic heterocycles. The summed E-state index contributed by atoms with van der Waals surface area (Å²) in [5.74, 6) is -6.21. The molecule has 16 heterocycles. The molecule has 0 bridgehead atoms. The molecule has 0 saturated heterocycles. The molecule has 9 N–H and O–H groups in total. The molecule has 4 aliphatic carbocycles. The normalized spacial score (nSPS) is 17.8. The molecule has 0 unspecified atom stereocenters. The summed E-state index contributed by atoms with van der Waals surface area (Å²) < 4.78 is 131. The number of phosphoric acid groups is 1. The van der Waals surface area contributed by atoms with Crippen molar-refractivity contribution in [3.63, 3.8) is 0 Å². The van der Waals surface area contributed by atoms with E-state index in [1.807, 2.05) is 32.4 Å². The van der Waals surface area contributed by atoms with Gasteiger partial charge in [0, 0.05) is 126 Å². The maximum atomic E-state index is 14.6. The first-order valence-electron chi connectivity index (χ1n) is 44.3. The summed E-state index contributed by atoms with van der Waals surface area (Å²) in [6.07, 6.45) is 31.9. The van der Waals surface area contributed by atoms with E-state index in [1.54, 1.807) is 104 Å². The Balaban J connectivity index is 0.000000129. The van der Waals surface area contributed by atoms with Crippen LogP contribution in [0.15, 0.2) is 157 Å². The van der Waals surface area contributed by atoms with E-state index in [0.717, 1.165) is 118 Å². The van der Waals surface area contributed by atoms with E-state index in [-0.39, 0.29) is 117 Å². The maximum Gasteiger partial charge on any atom is 0.471 e. The molecule has 140 heavy (non-hydrogen) atoms. The van der Waals surface area contributed by atoms with E-state index >= 15 is 0 Å². The number of halogens is 6. The summed E-state index contributed by atoms with van der Waals surface area (Å²) in [6, 6.07) is 11.4. The summed E-state index contributed by atoms with van der Waals surface area (Å²) in [6.45, 7) is 10.0. The van der Waals surface area contributed by atoms with Crippen LogP contribution in [0.4, 0.5) is 49.1 Å². The monoisotopic (exact) mass is 2010 g/mol. The minimum atomic E-state index is -4.64. The minimum absolute atomic E-state index is 0.0227. The lowest BCUT2D eigenvalue weighted by molar-refractivity contribution is -0.0228. The van der Waals surface area contributed by atoms with Crippen molar-refractivity contribution in [1.82, 2.24) is 119 Å². The van der Waals surface area contributed by atoms with Crippen molar-refractivity contribution in [1.29, 1.82) is 0 Å². The number of thiazole rings is 4. The summed E-state index contributed by atoms with van der Waals surface area (Å²) in [5.41, 5.74) is 5.41. The molecular formula is C89H89F6N28O12PS4. The zero-order valence-electron chi connectivity index (χ0n) is 74.9. The van der Waals surface area contributed by atoms with Gasteiger partial charge in [-0.3, -0.25) is 62.7 Å². The van der Waals surface area contributed by atoms with E-state index in [9.17, 15) is 50.1 Å². The second-order valence-corrected chi connectivity index (χ2v) is 36.9. The van der Waals surface area contributed by atoms with Gasteiger partial charge in [-0.1, -0.05) is 6.07 Å². The third kappa shape index (κ3) is 23.8. The number of amides is 4. The van der Waals surface area contributed by atoms with Crippen LogP contribution in [0.3, 0.4) is 0 Å². The molecule has 51 heteroatoms. The molecule has 4 amide bonds. The number of rotatable bonds is 31. The molecule has 728 valence electrons. The molecule has 4 saturated carbocycles. The van der Waals surface area contributed by atoms with Gasteiger partial charge >= 0.3 is 7.82 Å². The zero-order valence-corrected chi connectivity index (χ0v) is 79.0. The number of aromatic amines is 3. The van der Waals surface area contributed by atoms with Crippen molar-refractivity contribution in [2.24, 2.45) is 0 Å². The van der Waals surface area contributed by atoms with Gasteiger partial charge in [-0.25, -0.2) is 57.3 Å². The van der Waals surface area contributed by atoms with Crippen LogP contribution in [0.1, 0.15) is 171 Å². The van der Waals surface area contributed by atoms with Gasteiger partial charge < -0.3 is 50.0 Å². The number of H-pyrrole nitrogens is 3. The lowest BCUT2D eigenvalue weighted by Crippen LogP contribution is -2.33. The predicted octanol–water partition coefficient (Wildman–Crippen LogP) is 17.1. The lowest BCUT2D eigenvalue weighted by atomic mass is 9.89. The highest BCUT2D eigenvalue weighted by atomic mass is 32.1. The van der Waals surface area contributed by atoms with E-state index in [4.69, 9.17) is 28.7 Å². The third-order valence-corrected chi connectivity index (χ3v) is 26.9. The fourth-order valence-electron chi connectivity index (χ4n) is 15.9. The minimum Gasteiger partial charge on any atom is -0.379 e. The molecule has 0 radical (unpaired) electrons. The number of phosphoric ester groups is 1. The molecule has 20 rings (SSSR count). The predicted molar refractivity (Wildman–Crippen MR) is 502 cm³/mol. The highest BCUT2D eigenvalue weighted by molar-refractivity contribution is 7.46. The quantitative estimate of drug-likeness (QED) is 0.0111. The molecule has 0 aromatic carbocycles. The Hall–Kier alpha value is -13.8. The Labute approximate surface area is 807 Å². The van der Waals surface area contributed by atoms with Crippen molar-refractivity contribution in [3.8, 4) is 87.8 Å². The van der Waals surface area contributed by atoms with Crippen molar-refractivity contribution in [2.75, 3.05) is 47.7 Å². The number of aromatic nitrogens is 24. The Kier molecular flexibility index (Phi) is 31.1. The first kappa shape index (κ1) is 97.8. The number of anilines is 4. The molecule has 40 nitrogen and oxygen atoms in total. The van der Waals surface area contributed by atoms with Gasteiger partial charge in [-0.15, -0.1) is 45.3 Å². The van der Waals surface area contributed by atoms with Gasteiger partial charge in [0.2, 0.25) is 17.8 Å². The fourth-order valence-corrected chi connectivity index (χ4v) is 19.3. The smallest absolute Gasteiger partial charge is 0.379 e. The van der Waals surface area contributed by atoms with Crippen molar-refractivity contribution >= 4 is 99.5 Å². The van der Waals surface area contributed by atoms with Gasteiger partial charge in [0.15, 0.2) is 24.2 Å². The topological polar surface area (TPSA) is 498 Å². The van der Waals surface area contributed by atoms with Crippen molar-refractivity contribution in [3.05, 3.63) is 215 Å². The Bertz CT molecular complexity index is 6990. The first-order chi connectivity index (χ1) is 67.8. The van der Waals surface area contributed by atoms with Crippen LogP contribution in [0.2, 0.25) is 0 Å². The van der Waals surface area contributed by atoms with Crippen LogP contribution in [0.25, 0.3) is 87.8 Å². The Morgan fingerprint density at radius 1 is 0.407 bits per heavy atom. The summed E-state index contributed by atoms with van der Waals surface area (Å²) in [4.78, 5) is 103. The van der Waals surface area contributed by atoms with Crippen molar-refractivity contribution in [2.45, 2.75) is 160 Å². The second kappa shape index (κ2) is 44.6. The number of hydrogen-bond acceptors (Lipinski definition) is 30. The first-order valence-corrected chi connectivity index (χ1v) is 49.4. The van der Waals surface area contributed by atoms with Crippen LogP contribution in [-0.4, -0.2) is 204 Å². The number of nitrogens with one attached hydrogen (secondary N) is 7. The van der Waals surface area contributed by atoms with Crippen LogP contribution in [0, 0.1) is 35.3 Å². The van der Waals surface area contributed by atoms with E-state index in [1.165, 1.54) is 92.9 Å². The third-order valence-electron chi connectivity index (χ3n) is 22.9. The number of pyridine rings is 4. The van der Waals surface area contributed by atoms with Crippen LogP contribution in [0.5, 0.6) is 0 Å². The number of hydrogen-bond donors (Lipinski definition) is 9. The van der Waals surface area contributed by atoms with Gasteiger partial charge in [-0.05, 0) is 153 Å². The van der Waals surface area contributed by atoms with E-state index in [0.29, 0.717) is 74.8 Å². The Morgan fingerprint density at radius 2 is 0.771 bits per heavy atom. The van der Waals surface area contributed by atoms with E-state index < -0.39 is 73.5 Å². The fraction of sp³-hybridized carbons (Fsp3) is 0.326. The molecule has 4 fully saturated rings. The molecule has 16 aromatic rings. The second-order valence-electron chi connectivity index (χ2n) is 32.2. The van der Waals surface area contributed by atoms with Gasteiger partial charge in [0.05, 0.1) is 102 Å². The van der Waals surface area contributed by atoms with Crippen LogP contribution in [-0.2, 0) is 34.8 Å². The van der Waals surface area contributed by atoms with Crippen LogP contribution < -0.4 is 21.3 Å². The van der Waals surface area contributed by atoms with Crippen LogP contribution >= 0.6 is 53.2 Å². The number of nitrogens with zero attached hydrogens (tertiary/aromatic N) is 21. The average molecular weight is 2020 g/mol. The summed E-state index contributed by atoms with van der Waals surface area (Å²) in [5, 5.41) is 62.1. The largest absolute Gasteiger partial charge is 0.471 e. The van der Waals surface area contributed by atoms with Gasteiger partial charge in [0.25, 0.3) is 23.6 Å². The van der Waals surface area contributed by atoms with Gasteiger partial charge in [-0.2, -0.15) is 54.0 Å². The van der Waals surface area contributed by atoms with Crippen molar-refractivity contribution < 1.29 is 83.3 Å². The van der Waals surface area contributed by atoms with Gasteiger partial charge in [0.1, 0.15) is 82.7 Å². The standard InChI is InChI=1S/C23H23F2N7O2S.C23H24FN7O2S.C22H23FN7O6PS.C21H19F2N7O2S/c1-2-34-15-5-3-14(4-6-15)32-11-17(21(31-32)20-16(24)7-8-19(25)30-20)28-22(33)18-12-35-23(29-18)13-9-26-27-10-13;1-2-33-16-7-5-15(6-8-16)31-12-18(21(30-31)20-17(24)4-3-9-25-20)28-22(32)19-13-34-23(29-19)14-10-26-27-11-14;1-2-35-15-6-14(7-15)30-10-17(20(28-30)16-4-3-5-19(23)25-16)26-21(31)18-11-38-22(27-18)13-8-24-29(9-13)12-36-37(32,33)34;1-2-32-13-5-12(6-13)30-9-15(19(29-30)18-14(22)3-4-17(23)28-18)26-20(31)16-10-33-21(27-16)11-7-24-25-8-11/h7-12,14-15H,2-6H2,1H3,(H,26,27)(H,28,33);3-4,9-13,15-16H,2,5-8H2,1H3,(H,26,27)(H,28,32);3-5,8-11,14-15H,2,6-7,12H2,1H3,(H,26,31)(H2,32,33,34);3-4,7-10,12-13H,2,5-6H2,1H3,(H,24,25)(H,26,31). The number of carbonyl (C=O) groups excluding carboxylic acids is 4. The molecule has 0 atom stereocenters. The number of ether oxygens (including phenoxy) is 4. The molecule has 4 aliphatic rings. The maximum absolute atomic E-state index is 14.6. The Morgan fingerprint density at radius 3 is 1.15 bits per heavy atom. The van der Waals surface area contributed by atoms with E-state index in [2.05, 4.69) is 122 Å². The molecule has 0 spiro atoms. The number of carbonyl (C=O) groups is 4. The highest BCUT2D eigenvalue weighted by Crippen LogP contribution is 2.43. The zero-order chi connectivity index (χ0) is 97.7. The molecular weight excluding hydrogens is 1930 g/mol. The summed E-state index contributed by atoms with van der Waals surface area (Å²) >= 11 is 5.12. The summed E-state index contributed by atoms with van der Waals surface area (Å²) in [7, 11) is -4.64. The SMILES string of the molecule is CCOC1CC(n2cc(NC(=O)c3csc(-c4cn[nH]c4)n3)c(-c3nc(F)ccc3F)n2)C1.CCOC1CC(n2cc(NC(=O)c3csc(-c4cnn(COP(=O)(O)O)c4)n3)c(-c3cccc(F)n3)n2)C1.CCOC1CCC(n2cc(NC(=O)c3csc(-c4cn[nH]c4)n3)c(-c3nc(F)ccc3F)n2)CC1.CCOC1CCC(n2cc(NC(=O)c3csc(-c4cn[nH]c4)n3)c(-c3ncccc3F)n2)CC1. The lowest BCUT2D eigenvalue weighted by Gasteiger charge is -2.34.